The molecule has 1 saturated carbocycles. The van der Waals surface area contributed by atoms with Crippen molar-refractivity contribution in [3.8, 4) is 6.07 Å². The molecule has 2 nitrogen and oxygen atoms in total. The van der Waals surface area contributed by atoms with E-state index in [9.17, 15) is 5.11 Å². The van der Waals surface area contributed by atoms with Crippen LogP contribution in [0.1, 0.15) is 46.0 Å². The molecule has 0 amide bonds. The summed E-state index contributed by atoms with van der Waals surface area (Å²) in [6.07, 6.45) is 5.15. The lowest BCUT2D eigenvalue weighted by Crippen LogP contribution is -2.45. The van der Waals surface area contributed by atoms with Gasteiger partial charge in [-0.3, -0.25) is 0 Å². The minimum atomic E-state index is -0.707. The van der Waals surface area contributed by atoms with Crippen LogP contribution < -0.4 is 0 Å². The lowest BCUT2D eigenvalue weighted by atomic mass is 9.68. The predicted octanol–water partition coefficient (Wildman–Crippen LogP) is 2.48. The minimum absolute atomic E-state index is 0.224. The van der Waals surface area contributed by atoms with Crippen LogP contribution >= 0.6 is 0 Å². The fourth-order valence-corrected chi connectivity index (χ4v) is 2.49. The smallest absolute Gasteiger partial charge is 0.0830 e. The molecule has 1 aliphatic carbocycles. The lowest BCUT2D eigenvalue weighted by Gasteiger charge is -2.41. The Hall–Kier alpha value is -0.550. The van der Waals surface area contributed by atoms with Crippen molar-refractivity contribution in [1.29, 1.82) is 5.26 Å². The van der Waals surface area contributed by atoms with Gasteiger partial charge >= 0.3 is 0 Å². The monoisotopic (exact) mass is 181 g/mol. The van der Waals surface area contributed by atoms with Gasteiger partial charge in [0.1, 0.15) is 0 Å². The molecule has 1 fully saturated rings. The summed E-state index contributed by atoms with van der Waals surface area (Å²) >= 11 is 0. The Kier molecular flexibility index (Phi) is 3.33. The van der Waals surface area contributed by atoms with E-state index in [-0.39, 0.29) is 5.92 Å². The highest BCUT2D eigenvalue weighted by Crippen LogP contribution is 2.40. The summed E-state index contributed by atoms with van der Waals surface area (Å²) in [5.74, 6) is 0.105. The molecule has 0 aromatic heterocycles. The molecule has 0 radical (unpaired) electrons. The molecule has 1 N–H and O–H groups in total. The third-order valence-corrected chi connectivity index (χ3v) is 3.52. The second-order valence-corrected chi connectivity index (χ2v) is 4.19. The molecular formula is C11H19NO. The fraction of sp³-hybridized carbons (Fsp3) is 0.909. The molecular weight excluding hydrogens is 162 g/mol. The average Bonchev–Trinajstić information content (AvgIpc) is 2.17. The largest absolute Gasteiger partial charge is 0.388 e. The number of hydrogen-bond acceptors (Lipinski definition) is 2. The van der Waals surface area contributed by atoms with Crippen LogP contribution in [-0.4, -0.2) is 10.7 Å². The Morgan fingerprint density at radius 2 is 2.31 bits per heavy atom. The standard InChI is InChI=1S/C11H19NO/c1-3-10-6-4-5-7-11(10,13)9(2)8-12/h9-10,13H,3-7H2,1-2H3. The Morgan fingerprint density at radius 1 is 1.62 bits per heavy atom. The Labute approximate surface area is 80.6 Å². The molecule has 0 aliphatic heterocycles. The van der Waals surface area contributed by atoms with Crippen LogP contribution in [-0.2, 0) is 0 Å². The molecule has 0 spiro atoms. The first-order chi connectivity index (χ1) is 6.15. The van der Waals surface area contributed by atoms with E-state index in [2.05, 4.69) is 13.0 Å². The van der Waals surface area contributed by atoms with Crippen molar-refractivity contribution >= 4 is 0 Å². The van der Waals surface area contributed by atoms with Gasteiger partial charge in [-0.05, 0) is 25.7 Å². The summed E-state index contributed by atoms with van der Waals surface area (Å²) < 4.78 is 0. The fourth-order valence-electron chi connectivity index (χ4n) is 2.49. The predicted molar refractivity (Wildman–Crippen MR) is 52.0 cm³/mol. The van der Waals surface area contributed by atoms with E-state index in [1.807, 2.05) is 6.92 Å². The van der Waals surface area contributed by atoms with E-state index < -0.39 is 5.60 Å². The number of nitrogens with zero attached hydrogens (tertiary/aromatic N) is 1. The zero-order valence-electron chi connectivity index (χ0n) is 8.58. The number of rotatable bonds is 2. The van der Waals surface area contributed by atoms with E-state index in [4.69, 9.17) is 5.26 Å². The van der Waals surface area contributed by atoms with Gasteiger partial charge in [0.2, 0.25) is 0 Å². The Balaban J connectivity index is 2.77. The number of hydrogen-bond donors (Lipinski definition) is 1. The maximum absolute atomic E-state index is 10.4. The van der Waals surface area contributed by atoms with Gasteiger partial charge in [-0.2, -0.15) is 5.26 Å². The Bertz CT molecular complexity index is 209. The SMILES string of the molecule is CCC1CCCCC1(O)C(C)C#N. The highest BCUT2D eigenvalue weighted by atomic mass is 16.3. The van der Waals surface area contributed by atoms with Gasteiger partial charge in [0.25, 0.3) is 0 Å². The topological polar surface area (TPSA) is 44.0 Å². The summed E-state index contributed by atoms with van der Waals surface area (Å²) in [7, 11) is 0. The highest BCUT2D eigenvalue weighted by molar-refractivity contribution is 5.01. The number of aliphatic hydroxyl groups is 1. The van der Waals surface area contributed by atoms with Gasteiger partial charge in [0.15, 0.2) is 0 Å². The molecule has 3 unspecified atom stereocenters. The second-order valence-electron chi connectivity index (χ2n) is 4.19. The van der Waals surface area contributed by atoms with Crippen LogP contribution in [0.15, 0.2) is 0 Å². The zero-order valence-corrected chi connectivity index (χ0v) is 8.58. The van der Waals surface area contributed by atoms with Gasteiger partial charge < -0.3 is 5.11 Å². The summed E-state index contributed by atoms with van der Waals surface area (Å²) in [6.45, 7) is 3.94. The van der Waals surface area contributed by atoms with E-state index in [0.717, 1.165) is 25.7 Å². The third-order valence-electron chi connectivity index (χ3n) is 3.52. The first kappa shape index (κ1) is 10.5. The van der Waals surface area contributed by atoms with Crippen molar-refractivity contribution < 1.29 is 5.11 Å². The average molecular weight is 181 g/mol. The summed E-state index contributed by atoms with van der Waals surface area (Å²) in [5.41, 5.74) is -0.707. The van der Waals surface area contributed by atoms with Crippen molar-refractivity contribution in [2.75, 3.05) is 0 Å². The summed E-state index contributed by atoms with van der Waals surface area (Å²) in [5, 5.41) is 19.2. The normalized spacial score (nSPS) is 36.6. The third kappa shape index (κ3) is 1.86. The minimum Gasteiger partial charge on any atom is -0.388 e. The van der Waals surface area contributed by atoms with Gasteiger partial charge in [-0.1, -0.05) is 26.2 Å². The molecule has 0 saturated heterocycles. The van der Waals surface area contributed by atoms with Gasteiger partial charge in [0.05, 0.1) is 17.6 Å². The molecule has 74 valence electrons. The van der Waals surface area contributed by atoms with E-state index in [0.29, 0.717) is 5.92 Å². The molecule has 1 aliphatic rings. The van der Waals surface area contributed by atoms with Crippen LogP contribution in [0, 0.1) is 23.2 Å². The van der Waals surface area contributed by atoms with Crippen molar-refractivity contribution in [3.05, 3.63) is 0 Å². The molecule has 0 aromatic carbocycles. The second kappa shape index (κ2) is 4.11. The number of nitriles is 1. The van der Waals surface area contributed by atoms with Gasteiger partial charge in [0, 0.05) is 0 Å². The van der Waals surface area contributed by atoms with Crippen molar-refractivity contribution in [3.63, 3.8) is 0 Å². The zero-order chi connectivity index (χ0) is 9.90. The summed E-state index contributed by atoms with van der Waals surface area (Å²) in [6, 6.07) is 2.19. The first-order valence-corrected chi connectivity index (χ1v) is 5.27. The van der Waals surface area contributed by atoms with Crippen LogP contribution in [0.25, 0.3) is 0 Å². The first-order valence-electron chi connectivity index (χ1n) is 5.27. The van der Waals surface area contributed by atoms with Crippen LogP contribution in [0.2, 0.25) is 0 Å². The van der Waals surface area contributed by atoms with Crippen molar-refractivity contribution in [2.45, 2.75) is 51.6 Å². The van der Waals surface area contributed by atoms with Crippen LogP contribution in [0.4, 0.5) is 0 Å². The van der Waals surface area contributed by atoms with E-state index in [1.165, 1.54) is 6.42 Å². The molecule has 0 aromatic rings. The van der Waals surface area contributed by atoms with E-state index in [1.54, 1.807) is 0 Å². The van der Waals surface area contributed by atoms with Crippen molar-refractivity contribution in [1.82, 2.24) is 0 Å². The van der Waals surface area contributed by atoms with Crippen LogP contribution in [0.5, 0.6) is 0 Å². The maximum Gasteiger partial charge on any atom is 0.0830 e. The molecule has 2 heteroatoms. The maximum atomic E-state index is 10.4. The molecule has 13 heavy (non-hydrogen) atoms. The van der Waals surface area contributed by atoms with Crippen molar-refractivity contribution in [2.24, 2.45) is 11.8 Å². The quantitative estimate of drug-likeness (QED) is 0.711. The molecule has 0 heterocycles. The lowest BCUT2D eigenvalue weighted by molar-refractivity contribution is -0.0753. The van der Waals surface area contributed by atoms with Crippen LogP contribution in [0.3, 0.4) is 0 Å². The van der Waals surface area contributed by atoms with Gasteiger partial charge in [-0.25, -0.2) is 0 Å². The molecule has 1 rings (SSSR count). The highest BCUT2D eigenvalue weighted by Gasteiger charge is 2.42. The van der Waals surface area contributed by atoms with E-state index >= 15 is 0 Å². The summed E-state index contributed by atoms with van der Waals surface area (Å²) in [4.78, 5) is 0. The molecule has 0 bridgehead atoms. The molecule has 3 atom stereocenters. The van der Waals surface area contributed by atoms with Gasteiger partial charge in [-0.15, -0.1) is 0 Å². The Morgan fingerprint density at radius 3 is 2.85 bits per heavy atom.